The Morgan fingerprint density at radius 3 is 2.88 bits per heavy atom. The molecule has 0 spiro atoms. The highest BCUT2D eigenvalue weighted by Gasteiger charge is 2.69. The van der Waals surface area contributed by atoms with E-state index < -0.39 is 0 Å². The molecule has 3 atom stereocenters. The predicted molar refractivity (Wildman–Crippen MR) is 66.3 cm³/mol. The Kier molecular flexibility index (Phi) is 1.76. The highest BCUT2D eigenvalue weighted by Crippen LogP contribution is 2.73. The number of aliphatic imine (C=N–C) groups is 1. The molecule has 3 aliphatic rings. The number of fused-ring (bicyclic) bond motifs is 3. The summed E-state index contributed by atoms with van der Waals surface area (Å²) in [6.07, 6.45) is 1.38. The monoisotopic (exact) mass is 228 g/mol. The van der Waals surface area contributed by atoms with Gasteiger partial charge in [-0.05, 0) is 17.5 Å². The highest BCUT2D eigenvalue weighted by molar-refractivity contribution is 5.95. The molecule has 0 aromatic heterocycles. The average molecular weight is 228 g/mol. The van der Waals surface area contributed by atoms with Crippen molar-refractivity contribution in [2.24, 2.45) is 10.4 Å². The van der Waals surface area contributed by atoms with Crippen molar-refractivity contribution in [1.29, 1.82) is 0 Å². The first-order valence-electron chi connectivity index (χ1n) is 6.28. The SMILES string of the molecule is CO[C@H]1c2ccccc2C2C[C@]21C1=NCCN1. The molecule has 3 nitrogen and oxygen atoms in total. The second kappa shape index (κ2) is 3.10. The minimum Gasteiger partial charge on any atom is -0.376 e. The van der Waals surface area contributed by atoms with Crippen LogP contribution in [-0.4, -0.2) is 26.0 Å². The normalized spacial score (nSPS) is 37.1. The van der Waals surface area contributed by atoms with Gasteiger partial charge in [-0.3, -0.25) is 4.99 Å². The van der Waals surface area contributed by atoms with Crippen molar-refractivity contribution >= 4 is 5.84 Å². The highest BCUT2D eigenvalue weighted by atomic mass is 16.5. The summed E-state index contributed by atoms with van der Waals surface area (Å²) in [5, 5.41) is 3.45. The third kappa shape index (κ3) is 1.03. The first kappa shape index (κ1) is 9.66. The zero-order valence-electron chi connectivity index (χ0n) is 9.94. The Hall–Kier alpha value is -1.35. The van der Waals surface area contributed by atoms with E-state index in [2.05, 4.69) is 34.6 Å². The fourth-order valence-electron chi connectivity index (χ4n) is 3.73. The number of ether oxygens (including phenoxy) is 1. The van der Waals surface area contributed by atoms with Gasteiger partial charge < -0.3 is 10.1 Å². The second-order valence-electron chi connectivity index (χ2n) is 5.20. The van der Waals surface area contributed by atoms with Gasteiger partial charge in [0.1, 0.15) is 5.84 Å². The van der Waals surface area contributed by atoms with E-state index in [1.54, 1.807) is 0 Å². The van der Waals surface area contributed by atoms with Gasteiger partial charge in [0.25, 0.3) is 0 Å². The van der Waals surface area contributed by atoms with Crippen molar-refractivity contribution in [3.63, 3.8) is 0 Å². The molecular formula is C14H16N2O. The first-order valence-corrected chi connectivity index (χ1v) is 6.28. The van der Waals surface area contributed by atoms with Crippen LogP contribution >= 0.6 is 0 Å². The van der Waals surface area contributed by atoms with E-state index in [1.165, 1.54) is 23.4 Å². The van der Waals surface area contributed by atoms with Crippen LogP contribution in [0.15, 0.2) is 29.3 Å². The molecule has 1 aromatic carbocycles. The third-order valence-electron chi connectivity index (χ3n) is 4.48. The molecule has 1 aromatic rings. The maximum atomic E-state index is 5.79. The molecule has 1 aliphatic heterocycles. The molecule has 0 amide bonds. The van der Waals surface area contributed by atoms with Gasteiger partial charge in [-0.1, -0.05) is 24.3 Å². The zero-order valence-corrected chi connectivity index (χ0v) is 9.94. The van der Waals surface area contributed by atoms with E-state index in [0.717, 1.165) is 13.1 Å². The fourth-order valence-corrected chi connectivity index (χ4v) is 3.73. The summed E-state index contributed by atoms with van der Waals surface area (Å²) in [5.41, 5.74) is 2.97. The van der Waals surface area contributed by atoms with E-state index in [-0.39, 0.29) is 11.5 Å². The summed E-state index contributed by atoms with van der Waals surface area (Å²) in [4.78, 5) is 4.64. The minimum atomic E-state index is 0.134. The van der Waals surface area contributed by atoms with Crippen LogP contribution in [0.4, 0.5) is 0 Å². The van der Waals surface area contributed by atoms with Crippen molar-refractivity contribution < 1.29 is 4.74 Å². The van der Waals surface area contributed by atoms with Crippen molar-refractivity contribution in [1.82, 2.24) is 5.32 Å². The zero-order chi connectivity index (χ0) is 11.5. The van der Waals surface area contributed by atoms with Gasteiger partial charge >= 0.3 is 0 Å². The van der Waals surface area contributed by atoms with E-state index in [1.807, 2.05) is 7.11 Å². The van der Waals surface area contributed by atoms with Crippen LogP contribution in [0.3, 0.4) is 0 Å². The molecule has 4 rings (SSSR count). The summed E-state index contributed by atoms with van der Waals surface area (Å²) in [7, 11) is 1.82. The molecule has 1 N–H and O–H groups in total. The van der Waals surface area contributed by atoms with E-state index in [9.17, 15) is 0 Å². The number of benzene rings is 1. The quantitative estimate of drug-likeness (QED) is 0.838. The van der Waals surface area contributed by atoms with Crippen molar-refractivity contribution in [2.75, 3.05) is 20.2 Å². The molecule has 1 heterocycles. The summed E-state index contributed by atoms with van der Waals surface area (Å²) >= 11 is 0. The lowest BCUT2D eigenvalue weighted by atomic mass is 9.95. The molecule has 2 aliphatic carbocycles. The number of rotatable bonds is 2. The Morgan fingerprint density at radius 2 is 2.18 bits per heavy atom. The van der Waals surface area contributed by atoms with Crippen LogP contribution in [0.25, 0.3) is 0 Å². The number of hydrogen-bond acceptors (Lipinski definition) is 3. The predicted octanol–water partition coefficient (Wildman–Crippen LogP) is 1.86. The van der Waals surface area contributed by atoms with E-state index in [4.69, 9.17) is 4.74 Å². The van der Waals surface area contributed by atoms with Crippen LogP contribution < -0.4 is 5.32 Å². The molecule has 0 bridgehead atoms. The lowest BCUT2D eigenvalue weighted by molar-refractivity contribution is 0.0697. The van der Waals surface area contributed by atoms with Crippen molar-refractivity contribution in [3.8, 4) is 0 Å². The van der Waals surface area contributed by atoms with Gasteiger partial charge in [-0.2, -0.15) is 0 Å². The van der Waals surface area contributed by atoms with Gasteiger partial charge in [0.05, 0.1) is 18.1 Å². The molecule has 0 saturated heterocycles. The topological polar surface area (TPSA) is 33.6 Å². The largest absolute Gasteiger partial charge is 0.376 e. The van der Waals surface area contributed by atoms with E-state index in [0.29, 0.717) is 5.92 Å². The van der Waals surface area contributed by atoms with Crippen molar-refractivity contribution in [2.45, 2.75) is 18.4 Å². The Balaban J connectivity index is 1.83. The van der Waals surface area contributed by atoms with Crippen LogP contribution in [0.5, 0.6) is 0 Å². The maximum Gasteiger partial charge on any atom is 0.106 e. The van der Waals surface area contributed by atoms with E-state index >= 15 is 0 Å². The molecular weight excluding hydrogens is 212 g/mol. The number of methoxy groups -OCH3 is 1. The van der Waals surface area contributed by atoms with Gasteiger partial charge in [-0.25, -0.2) is 0 Å². The van der Waals surface area contributed by atoms with Crippen LogP contribution in [0.1, 0.15) is 29.6 Å². The van der Waals surface area contributed by atoms with Gasteiger partial charge in [0, 0.05) is 19.6 Å². The summed E-state index contributed by atoms with van der Waals surface area (Å²) in [6.45, 7) is 1.90. The van der Waals surface area contributed by atoms with Crippen molar-refractivity contribution in [3.05, 3.63) is 35.4 Å². The summed E-state index contributed by atoms with van der Waals surface area (Å²) in [6, 6.07) is 8.68. The molecule has 1 fully saturated rings. The average Bonchev–Trinajstić information content (AvgIpc) is 2.78. The Labute approximate surface area is 101 Å². The van der Waals surface area contributed by atoms with Crippen LogP contribution in [0, 0.1) is 5.41 Å². The molecule has 17 heavy (non-hydrogen) atoms. The molecule has 0 radical (unpaired) electrons. The first-order chi connectivity index (χ1) is 8.38. The number of amidine groups is 1. The van der Waals surface area contributed by atoms with Crippen LogP contribution in [-0.2, 0) is 4.74 Å². The third-order valence-corrected chi connectivity index (χ3v) is 4.48. The summed E-state index contributed by atoms with van der Waals surface area (Å²) < 4.78 is 5.79. The Morgan fingerprint density at radius 1 is 1.35 bits per heavy atom. The Bertz CT molecular complexity index is 511. The van der Waals surface area contributed by atoms with Crippen LogP contribution in [0.2, 0.25) is 0 Å². The second-order valence-corrected chi connectivity index (χ2v) is 5.20. The summed E-state index contributed by atoms with van der Waals surface area (Å²) in [5.74, 6) is 1.80. The molecule has 1 saturated carbocycles. The maximum absolute atomic E-state index is 5.79. The lowest BCUT2D eigenvalue weighted by Gasteiger charge is -2.23. The van der Waals surface area contributed by atoms with Gasteiger partial charge in [0.2, 0.25) is 0 Å². The lowest BCUT2D eigenvalue weighted by Crippen LogP contribution is -2.32. The fraction of sp³-hybridized carbons (Fsp3) is 0.500. The molecule has 3 heteroatoms. The number of nitrogens with zero attached hydrogens (tertiary/aromatic N) is 1. The smallest absolute Gasteiger partial charge is 0.106 e. The minimum absolute atomic E-state index is 0.134. The number of hydrogen-bond donors (Lipinski definition) is 1. The molecule has 1 unspecified atom stereocenters. The van der Waals surface area contributed by atoms with Gasteiger partial charge in [-0.15, -0.1) is 0 Å². The standard InChI is InChI=1S/C14H16N2O/c1-17-12-10-5-3-2-4-9(10)11-8-14(11,12)13-15-6-7-16-13/h2-5,11-12H,6-8H2,1H3,(H,15,16)/t11?,12-,14-/m0/s1. The van der Waals surface area contributed by atoms with Gasteiger partial charge in [0.15, 0.2) is 0 Å². The molecule has 88 valence electrons. The number of nitrogens with one attached hydrogen (secondary N) is 1.